The summed E-state index contributed by atoms with van der Waals surface area (Å²) in [7, 11) is 2.95. The zero-order chi connectivity index (χ0) is 18.9. The first-order valence-electron chi connectivity index (χ1n) is 8.06. The molecule has 0 aromatic heterocycles. The van der Waals surface area contributed by atoms with Gasteiger partial charge in [-0.15, -0.1) is 0 Å². The molecule has 2 rings (SSSR count). The molecule has 0 fully saturated rings. The monoisotopic (exact) mass is 358 g/mol. The van der Waals surface area contributed by atoms with E-state index < -0.39 is 17.9 Å². The minimum atomic E-state index is -0.858. The van der Waals surface area contributed by atoms with Crippen LogP contribution in [0.1, 0.15) is 5.56 Å². The van der Waals surface area contributed by atoms with Gasteiger partial charge in [0.05, 0.1) is 26.0 Å². The van der Waals surface area contributed by atoms with Crippen LogP contribution < -0.4 is 20.1 Å². The molecule has 0 saturated heterocycles. The minimum Gasteiger partial charge on any atom is -0.497 e. The fourth-order valence-corrected chi connectivity index (χ4v) is 2.34. The topological polar surface area (TPSA) is 96.9 Å². The second-order valence-corrected chi connectivity index (χ2v) is 5.57. The maximum atomic E-state index is 12.0. The number of hydrogen-bond donors (Lipinski definition) is 3. The number of nitrogens with one attached hydrogen (secondary N) is 2. The van der Waals surface area contributed by atoms with E-state index in [1.54, 1.807) is 18.2 Å². The van der Waals surface area contributed by atoms with E-state index in [0.29, 0.717) is 23.6 Å². The lowest BCUT2D eigenvalue weighted by atomic mass is 10.1. The van der Waals surface area contributed by atoms with Crippen molar-refractivity contribution >= 4 is 17.5 Å². The molecule has 1 atom stereocenters. The third kappa shape index (κ3) is 5.49. The molecule has 26 heavy (non-hydrogen) atoms. The molecule has 0 aliphatic rings. The second kappa shape index (κ2) is 9.43. The molecule has 0 radical (unpaired) electrons. The first kappa shape index (κ1) is 19.3. The molecule has 7 nitrogen and oxygen atoms in total. The first-order chi connectivity index (χ1) is 12.5. The molecular weight excluding hydrogens is 336 g/mol. The van der Waals surface area contributed by atoms with Crippen molar-refractivity contribution < 1.29 is 24.2 Å². The average molecular weight is 358 g/mol. The van der Waals surface area contributed by atoms with Gasteiger partial charge in [0.15, 0.2) is 0 Å². The summed E-state index contributed by atoms with van der Waals surface area (Å²) < 4.78 is 10.2. The molecule has 3 N–H and O–H groups in total. The summed E-state index contributed by atoms with van der Waals surface area (Å²) in [4.78, 5) is 24.0. The Hall–Kier alpha value is -3.06. The van der Waals surface area contributed by atoms with Gasteiger partial charge in [0.25, 0.3) is 0 Å². The van der Waals surface area contributed by atoms with Crippen LogP contribution in [0.2, 0.25) is 0 Å². The van der Waals surface area contributed by atoms with E-state index in [1.807, 2.05) is 30.3 Å². The van der Waals surface area contributed by atoms with Gasteiger partial charge in [0.1, 0.15) is 11.5 Å². The molecule has 0 aliphatic carbocycles. The van der Waals surface area contributed by atoms with Crippen LogP contribution >= 0.6 is 0 Å². The highest BCUT2D eigenvalue weighted by atomic mass is 16.5. The number of rotatable bonds is 7. The smallest absolute Gasteiger partial charge is 0.313 e. The Morgan fingerprint density at radius 3 is 2.42 bits per heavy atom. The number of methoxy groups -OCH3 is 2. The van der Waals surface area contributed by atoms with E-state index in [1.165, 1.54) is 14.2 Å². The average Bonchev–Trinajstić information content (AvgIpc) is 2.66. The Morgan fingerprint density at radius 1 is 1.04 bits per heavy atom. The molecule has 0 saturated carbocycles. The lowest BCUT2D eigenvalue weighted by molar-refractivity contribution is -0.136. The zero-order valence-electron chi connectivity index (χ0n) is 14.7. The van der Waals surface area contributed by atoms with Crippen molar-refractivity contribution in [2.24, 2.45) is 0 Å². The van der Waals surface area contributed by atoms with Crippen molar-refractivity contribution in [1.82, 2.24) is 5.32 Å². The largest absolute Gasteiger partial charge is 0.497 e. The number of carbonyl (C=O) groups is 2. The summed E-state index contributed by atoms with van der Waals surface area (Å²) in [6, 6.07) is 14.2. The van der Waals surface area contributed by atoms with E-state index >= 15 is 0 Å². The number of aliphatic hydroxyl groups is 1. The third-order valence-electron chi connectivity index (χ3n) is 3.67. The van der Waals surface area contributed by atoms with Crippen LogP contribution in [0.25, 0.3) is 0 Å². The van der Waals surface area contributed by atoms with Crippen molar-refractivity contribution in [1.29, 1.82) is 0 Å². The highest BCUT2D eigenvalue weighted by molar-refractivity contribution is 6.39. The number of amides is 2. The number of benzene rings is 2. The van der Waals surface area contributed by atoms with Crippen molar-refractivity contribution in [2.75, 3.05) is 26.1 Å². The third-order valence-corrected chi connectivity index (χ3v) is 3.67. The van der Waals surface area contributed by atoms with Gasteiger partial charge in [-0.3, -0.25) is 9.59 Å². The van der Waals surface area contributed by atoms with Crippen LogP contribution in [0.3, 0.4) is 0 Å². The van der Waals surface area contributed by atoms with Crippen molar-refractivity contribution in [3.05, 3.63) is 54.1 Å². The van der Waals surface area contributed by atoms with Crippen LogP contribution in [0.15, 0.2) is 48.5 Å². The summed E-state index contributed by atoms with van der Waals surface area (Å²) in [5.74, 6) is -0.790. The fourth-order valence-electron chi connectivity index (χ4n) is 2.34. The summed E-state index contributed by atoms with van der Waals surface area (Å²) in [5.41, 5.74) is 1.26. The molecule has 2 aromatic rings. The van der Waals surface area contributed by atoms with E-state index in [4.69, 9.17) is 9.47 Å². The van der Waals surface area contributed by atoms with Gasteiger partial charge in [-0.2, -0.15) is 0 Å². The van der Waals surface area contributed by atoms with Crippen LogP contribution in [-0.2, 0) is 16.0 Å². The maximum absolute atomic E-state index is 12.0. The summed E-state index contributed by atoms with van der Waals surface area (Å²) in [6.07, 6.45) is -0.410. The highest BCUT2D eigenvalue weighted by Crippen LogP contribution is 2.28. The molecule has 0 aliphatic heterocycles. The lowest BCUT2D eigenvalue weighted by Gasteiger charge is -2.13. The van der Waals surface area contributed by atoms with Gasteiger partial charge in [-0.05, 0) is 17.7 Å². The SMILES string of the molecule is COc1ccc(OC)c(NC(=O)C(=O)NCC(O)Cc2ccccc2)c1. The van der Waals surface area contributed by atoms with Gasteiger partial charge in [0.2, 0.25) is 0 Å². The Morgan fingerprint density at radius 2 is 1.77 bits per heavy atom. The van der Waals surface area contributed by atoms with Crippen LogP contribution in [0.4, 0.5) is 5.69 Å². The number of carbonyl (C=O) groups excluding carboxylic acids is 2. The van der Waals surface area contributed by atoms with Gasteiger partial charge < -0.3 is 25.2 Å². The predicted octanol–water partition coefficient (Wildman–Crippen LogP) is 1.36. The molecule has 2 aromatic carbocycles. The van der Waals surface area contributed by atoms with E-state index in [-0.39, 0.29) is 6.54 Å². The van der Waals surface area contributed by atoms with Gasteiger partial charge in [-0.25, -0.2) is 0 Å². The minimum absolute atomic E-state index is 0.0314. The van der Waals surface area contributed by atoms with Gasteiger partial charge in [-0.1, -0.05) is 30.3 Å². The van der Waals surface area contributed by atoms with Crippen molar-refractivity contribution in [3.8, 4) is 11.5 Å². The number of aliphatic hydroxyl groups excluding tert-OH is 1. The zero-order valence-corrected chi connectivity index (χ0v) is 14.7. The molecule has 0 bridgehead atoms. The molecule has 138 valence electrons. The Balaban J connectivity index is 1.88. The maximum Gasteiger partial charge on any atom is 0.313 e. The number of hydrogen-bond acceptors (Lipinski definition) is 5. The highest BCUT2D eigenvalue weighted by Gasteiger charge is 2.17. The van der Waals surface area contributed by atoms with Crippen LogP contribution in [-0.4, -0.2) is 43.8 Å². The second-order valence-electron chi connectivity index (χ2n) is 5.57. The molecular formula is C19H22N2O5. The van der Waals surface area contributed by atoms with Gasteiger partial charge >= 0.3 is 11.8 Å². The molecule has 0 heterocycles. The first-order valence-corrected chi connectivity index (χ1v) is 8.06. The van der Waals surface area contributed by atoms with Crippen molar-refractivity contribution in [3.63, 3.8) is 0 Å². The summed E-state index contributed by atoms with van der Waals surface area (Å²) >= 11 is 0. The molecule has 2 amide bonds. The number of anilines is 1. The quantitative estimate of drug-likeness (QED) is 0.650. The van der Waals surface area contributed by atoms with Crippen LogP contribution in [0.5, 0.6) is 11.5 Å². The summed E-state index contributed by atoms with van der Waals surface area (Å²) in [6.45, 7) is -0.0314. The lowest BCUT2D eigenvalue weighted by Crippen LogP contribution is -2.40. The Bertz CT molecular complexity index is 749. The summed E-state index contributed by atoms with van der Waals surface area (Å²) in [5, 5.41) is 14.9. The fraction of sp³-hybridized carbons (Fsp3) is 0.263. The van der Waals surface area contributed by atoms with E-state index in [2.05, 4.69) is 10.6 Å². The molecule has 1 unspecified atom stereocenters. The Labute approximate surface area is 151 Å². The molecule has 0 spiro atoms. The predicted molar refractivity (Wildman–Crippen MR) is 97.3 cm³/mol. The standard InChI is InChI=1S/C19H22N2O5/c1-25-15-8-9-17(26-2)16(11-15)21-19(24)18(23)20-12-14(22)10-13-6-4-3-5-7-13/h3-9,11,14,22H,10,12H2,1-2H3,(H,20,23)(H,21,24). The van der Waals surface area contributed by atoms with Gasteiger partial charge in [0, 0.05) is 19.0 Å². The Kier molecular flexibility index (Phi) is 6.99. The van der Waals surface area contributed by atoms with E-state index in [9.17, 15) is 14.7 Å². The van der Waals surface area contributed by atoms with E-state index in [0.717, 1.165) is 5.56 Å². The normalized spacial score (nSPS) is 11.3. The number of ether oxygens (including phenoxy) is 2. The van der Waals surface area contributed by atoms with Crippen molar-refractivity contribution in [2.45, 2.75) is 12.5 Å². The van der Waals surface area contributed by atoms with Crippen LogP contribution in [0, 0.1) is 0 Å². The molecule has 7 heteroatoms.